The van der Waals surface area contributed by atoms with E-state index in [0.717, 1.165) is 22.3 Å². The molecule has 5 nitrogen and oxygen atoms in total. The van der Waals surface area contributed by atoms with Gasteiger partial charge in [0.05, 0.1) is 24.2 Å². The van der Waals surface area contributed by atoms with Crippen molar-refractivity contribution in [1.82, 2.24) is 0 Å². The topological polar surface area (TPSA) is 55.8 Å². The van der Waals surface area contributed by atoms with E-state index in [1.807, 2.05) is 31.8 Å². The van der Waals surface area contributed by atoms with Crippen LogP contribution in [0.1, 0.15) is 11.1 Å². The standard InChI is InChI=1S/C20H23BFNO4S/c1-14-2-6-17(7-3-14)28(24,25)27-13-20(22)11-15-4-5-16(21)10-18(15)23-8-9-26-12-19(20)23/h2-7,10,19H,8-9,11-13,21H2,1H3. The summed E-state index contributed by atoms with van der Waals surface area (Å²) in [7, 11) is -2.03. The summed E-state index contributed by atoms with van der Waals surface area (Å²) in [4.78, 5) is 2.03. The monoisotopic (exact) mass is 403 g/mol. The number of fused-ring (bicyclic) bond motifs is 3. The Bertz CT molecular complexity index is 982. The van der Waals surface area contributed by atoms with Crippen LogP contribution < -0.4 is 10.4 Å². The molecule has 2 aromatic rings. The lowest BCUT2D eigenvalue weighted by molar-refractivity contribution is -0.00999. The van der Waals surface area contributed by atoms with Gasteiger partial charge >= 0.3 is 0 Å². The number of alkyl halides is 1. The summed E-state index contributed by atoms with van der Waals surface area (Å²) in [6.07, 6.45) is 0.0938. The van der Waals surface area contributed by atoms with E-state index in [-0.39, 0.29) is 17.9 Å². The van der Waals surface area contributed by atoms with Crippen LogP contribution in [0.4, 0.5) is 10.1 Å². The van der Waals surface area contributed by atoms with E-state index in [1.165, 1.54) is 12.1 Å². The third-order valence-electron chi connectivity index (χ3n) is 5.52. The molecule has 1 saturated heterocycles. The van der Waals surface area contributed by atoms with E-state index in [9.17, 15) is 8.42 Å². The minimum Gasteiger partial charge on any atom is -0.377 e. The van der Waals surface area contributed by atoms with Crippen LogP contribution in [0.25, 0.3) is 0 Å². The summed E-state index contributed by atoms with van der Waals surface area (Å²) in [5.41, 5.74) is 2.05. The van der Waals surface area contributed by atoms with Crippen LogP contribution in [-0.4, -0.2) is 54.3 Å². The Kier molecular flexibility index (Phi) is 4.97. The van der Waals surface area contributed by atoms with Crippen molar-refractivity contribution in [3.63, 3.8) is 0 Å². The number of rotatable bonds is 4. The molecule has 2 unspecified atom stereocenters. The van der Waals surface area contributed by atoms with Crippen molar-refractivity contribution in [3.8, 4) is 0 Å². The molecule has 2 aromatic carbocycles. The van der Waals surface area contributed by atoms with Crippen LogP contribution in [0.15, 0.2) is 47.4 Å². The SMILES string of the molecule is Bc1ccc2c(c1)N1CCOCC1C(F)(COS(=O)(=O)c1ccc(C)cc1)C2. The van der Waals surface area contributed by atoms with E-state index in [1.54, 1.807) is 12.1 Å². The molecule has 2 atom stereocenters. The molecule has 0 saturated carbocycles. The third-order valence-corrected chi connectivity index (χ3v) is 6.80. The van der Waals surface area contributed by atoms with Crippen LogP contribution in [0, 0.1) is 6.92 Å². The molecule has 4 rings (SSSR count). The van der Waals surface area contributed by atoms with Crippen molar-refractivity contribution in [2.24, 2.45) is 0 Å². The molecule has 28 heavy (non-hydrogen) atoms. The second kappa shape index (κ2) is 7.17. The number of nitrogens with zero attached hydrogens (tertiary/aromatic N) is 1. The number of hydrogen-bond donors (Lipinski definition) is 0. The average molecular weight is 403 g/mol. The Morgan fingerprint density at radius 2 is 2.04 bits per heavy atom. The molecule has 2 heterocycles. The summed E-state index contributed by atoms with van der Waals surface area (Å²) in [6.45, 7) is 2.62. The van der Waals surface area contributed by atoms with Gasteiger partial charge in [0, 0.05) is 18.7 Å². The Balaban J connectivity index is 1.61. The van der Waals surface area contributed by atoms with Gasteiger partial charge in [0.1, 0.15) is 14.5 Å². The Hall–Kier alpha value is -1.90. The molecule has 0 radical (unpaired) electrons. The Labute approximate surface area is 166 Å². The largest absolute Gasteiger partial charge is 0.377 e. The van der Waals surface area contributed by atoms with Crippen LogP contribution >= 0.6 is 0 Å². The molecule has 0 aliphatic carbocycles. The van der Waals surface area contributed by atoms with E-state index in [0.29, 0.717) is 13.2 Å². The highest BCUT2D eigenvalue weighted by Gasteiger charge is 2.49. The number of anilines is 1. The predicted octanol–water partition coefficient (Wildman–Crippen LogP) is 1.13. The molecule has 8 heteroatoms. The first-order valence-electron chi connectivity index (χ1n) is 9.37. The third kappa shape index (κ3) is 3.56. The van der Waals surface area contributed by atoms with E-state index in [4.69, 9.17) is 8.92 Å². The minimum absolute atomic E-state index is 0.0327. The van der Waals surface area contributed by atoms with Gasteiger partial charge < -0.3 is 9.64 Å². The number of hydrogen-bond acceptors (Lipinski definition) is 5. The fourth-order valence-electron chi connectivity index (χ4n) is 3.94. The highest BCUT2D eigenvalue weighted by atomic mass is 32.2. The zero-order valence-electron chi connectivity index (χ0n) is 16.0. The lowest BCUT2D eigenvalue weighted by Crippen LogP contribution is -2.62. The van der Waals surface area contributed by atoms with E-state index in [2.05, 4.69) is 6.07 Å². The molecule has 0 N–H and O–H groups in total. The lowest BCUT2D eigenvalue weighted by atomic mass is 9.81. The molecular weight excluding hydrogens is 380 g/mol. The molecule has 0 amide bonds. The van der Waals surface area contributed by atoms with Crippen molar-refractivity contribution < 1.29 is 21.7 Å². The van der Waals surface area contributed by atoms with Crippen LogP contribution in [0.3, 0.4) is 0 Å². The first-order valence-corrected chi connectivity index (χ1v) is 10.8. The molecule has 148 valence electrons. The second-order valence-corrected chi connectivity index (χ2v) is 9.27. The van der Waals surface area contributed by atoms with E-state index < -0.39 is 28.4 Å². The van der Waals surface area contributed by atoms with E-state index >= 15 is 4.39 Å². The fraction of sp³-hybridized carbons (Fsp3) is 0.400. The maximum Gasteiger partial charge on any atom is 0.297 e. The Morgan fingerprint density at radius 1 is 1.29 bits per heavy atom. The van der Waals surface area contributed by atoms with Crippen molar-refractivity contribution in [2.75, 3.05) is 31.3 Å². The maximum atomic E-state index is 16.1. The molecular formula is C20H23BFNO4S. The molecule has 0 aromatic heterocycles. The van der Waals surface area contributed by atoms with Crippen LogP contribution in [0.5, 0.6) is 0 Å². The first kappa shape index (κ1) is 19.4. The second-order valence-electron chi connectivity index (χ2n) is 7.66. The number of morpholine rings is 1. The van der Waals surface area contributed by atoms with Gasteiger partial charge in [-0.15, -0.1) is 0 Å². The summed E-state index contributed by atoms with van der Waals surface area (Å²) < 4.78 is 51.9. The quantitative estimate of drug-likeness (QED) is 0.566. The Morgan fingerprint density at radius 3 is 2.79 bits per heavy atom. The fourth-order valence-corrected chi connectivity index (χ4v) is 4.90. The summed E-state index contributed by atoms with van der Waals surface area (Å²) in [6, 6.07) is 11.7. The maximum absolute atomic E-state index is 16.1. The van der Waals surface area contributed by atoms with Crippen molar-refractivity contribution >= 4 is 29.1 Å². The normalized spacial score (nSPS) is 24.5. The number of benzene rings is 2. The lowest BCUT2D eigenvalue weighted by Gasteiger charge is -2.49. The van der Waals surface area contributed by atoms with Crippen molar-refractivity contribution in [2.45, 2.75) is 30.0 Å². The van der Waals surface area contributed by atoms with Gasteiger partial charge in [0.15, 0.2) is 5.67 Å². The van der Waals surface area contributed by atoms with Crippen LogP contribution in [-0.2, 0) is 25.5 Å². The summed E-state index contributed by atoms with van der Waals surface area (Å²) >= 11 is 0. The molecule has 0 spiro atoms. The van der Waals surface area contributed by atoms with Gasteiger partial charge in [-0.1, -0.05) is 35.3 Å². The smallest absolute Gasteiger partial charge is 0.297 e. The minimum atomic E-state index is -4.04. The molecule has 2 aliphatic heterocycles. The average Bonchev–Trinajstić information content (AvgIpc) is 2.68. The zero-order chi connectivity index (χ0) is 19.9. The van der Waals surface area contributed by atoms with Gasteiger partial charge in [-0.2, -0.15) is 8.42 Å². The highest BCUT2D eigenvalue weighted by Crippen LogP contribution is 2.40. The number of aryl methyl sites for hydroxylation is 1. The number of ether oxygens (including phenoxy) is 1. The van der Waals surface area contributed by atoms with Gasteiger partial charge in [-0.05, 0) is 30.7 Å². The zero-order valence-corrected chi connectivity index (χ0v) is 16.8. The van der Waals surface area contributed by atoms with Crippen molar-refractivity contribution in [1.29, 1.82) is 0 Å². The summed E-state index contributed by atoms with van der Waals surface area (Å²) in [5, 5.41) is 0. The molecule has 1 fully saturated rings. The van der Waals surface area contributed by atoms with Gasteiger partial charge in [0.25, 0.3) is 10.1 Å². The van der Waals surface area contributed by atoms with Gasteiger partial charge in [0.2, 0.25) is 0 Å². The number of halogens is 1. The van der Waals surface area contributed by atoms with Gasteiger partial charge in [-0.3, -0.25) is 4.18 Å². The first-order chi connectivity index (χ1) is 13.3. The molecule has 0 bridgehead atoms. The van der Waals surface area contributed by atoms with Crippen molar-refractivity contribution in [3.05, 3.63) is 53.6 Å². The predicted molar refractivity (Wildman–Crippen MR) is 108 cm³/mol. The van der Waals surface area contributed by atoms with Crippen LogP contribution in [0.2, 0.25) is 0 Å². The highest BCUT2D eigenvalue weighted by molar-refractivity contribution is 7.86. The molecule has 2 aliphatic rings. The van der Waals surface area contributed by atoms with Gasteiger partial charge in [-0.25, -0.2) is 4.39 Å². The summed E-state index contributed by atoms with van der Waals surface area (Å²) in [5.74, 6) is 0.